The fourth-order valence-electron chi connectivity index (χ4n) is 1.64. The molecule has 0 unspecified atom stereocenters. The van der Waals surface area contributed by atoms with E-state index in [0.29, 0.717) is 6.54 Å². The number of hydrogen-bond donors (Lipinski definition) is 1. The Labute approximate surface area is 106 Å². The topological polar surface area (TPSA) is 73.6 Å². The summed E-state index contributed by atoms with van der Waals surface area (Å²) >= 11 is 0. The lowest BCUT2D eigenvalue weighted by Crippen LogP contribution is -2.32. The van der Waals surface area contributed by atoms with Crippen molar-refractivity contribution in [3.8, 4) is 17.6 Å². The summed E-state index contributed by atoms with van der Waals surface area (Å²) in [5, 5.41) is 18.6. The van der Waals surface area contributed by atoms with Gasteiger partial charge in [0, 0.05) is 6.54 Å². The van der Waals surface area contributed by atoms with E-state index in [0.717, 1.165) is 6.42 Å². The highest BCUT2D eigenvalue weighted by Gasteiger charge is 2.20. The molecule has 1 aromatic carbocycles. The van der Waals surface area contributed by atoms with E-state index >= 15 is 0 Å². The number of methoxy groups -OCH3 is 1. The summed E-state index contributed by atoms with van der Waals surface area (Å²) in [7, 11) is 1.42. The number of amides is 1. The van der Waals surface area contributed by atoms with E-state index in [-0.39, 0.29) is 29.5 Å². The summed E-state index contributed by atoms with van der Waals surface area (Å²) in [6, 6.07) is 6.65. The van der Waals surface area contributed by atoms with Gasteiger partial charge in [-0.1, -0.05) is 13.0 Å². The highest BCUT2D eigenvalue weighted by molar-refractivity contribution is 5.97. The second-order valence-electron chi connectivity index (χ2n) is 3.74. The third-order valence-corrected chi connectivity index (χ3v) is 2.49. The Morgan fingerprint density at radius 3 is 2.83 bits per heavy atom. The molecule has 18 heavy (non-hydrogen) atoms. The van der Waals surface area contributed by atoms with Crippen molar-refractivity contribution >= 4 is 5.91 Å². The number of carbonyl (C=O) groups is 1. The third-order valence-electron chi connectivity index (χ3n) is 2.49. The highest BCUT2D eigenvalue weighted by Crippen LogP contribution is 2.30. The van der Waals surface area contributed by atoms with Crippen LogP contribution in [0, 0.1) is 11.3 Å². The van der Waals surface area contributed by atoms with Gasteiger partial charge in [0.15, 0.2) is 11.5 Å². The SMILES string of the molecule is CCCN(CC#N)C(=O)c1cccc(OC)c1O. The smallest absolute Gasteiger partial charge is 0.258 e. The van der Waals surface area contributed by atoms with Gasteiger partial charge < -0.3 is 14.7 Å². The van der Waals surface area contributed by atoms with Crippen molar-refractivity contribution in [2.45, 2.75) is 13.3 Å². The highest BCUT2D eigenvalue weighted by atomic mass is 16.5. The van der Waals surface area contributed by atoms with Crippen LogP contribution in [0.3, 0.4) is 0 Å². The zero-order valence-electron chi connectivity index (χ0n) is 10.5. The Bertz CT molecular complexity index is 466. The Balaban J connectivity index is 3.05. The number of benzene rings is 1. The monoisotopic (exact) mass is 248 g/mol. The maximum atomic E-state index is 12.2. The number of rotatable bonds is 5. The Kier molecular flexibility index (Phi) is 5.00. The molecule has 0 spiro atoms. The number of aromatic hydroxyl groups is 1. The van der Waals surface area contributed by atoms with E-state index in [4.69, 9.17) is 10.00 Å². The molecule has 0 aromatic heterocycles. The van der Waals surface area contributed by atoms with Crippen LogP contribution >= 0.6 is 0 Å². The molecule has 96 valence electrons. The van der Waals surface area contributed by atoms with Crippen molar-refractivity contribution in [1.82, 2.24) is 4.90 Å². The van der Waals surface area contributed by atoms with E-state index in [9.17, 15) is 9.90 Å². The molecule has 1 N–H and O–H groups in total. The van der Waals surface area contributed by atoms with Crippen LogP contribution in [-0.2, 0) is 0 Å². The van der Waals surface area contributed by atoms with Crippen molar-refractivity contribution in [3.63, 3.8) is 0 Å². The fraction of sp³-hybridized carbons (Fsp3) is 0.385. The molecule has 0 saturated heterocycles. The van der Waals surface area contributed by atoms with Crippen LogP contribution in [0.15, 0.2) is 18.2 Å². The molecule has 0 bridgehead atoms. The van der Waals surface area contributed by atoms with Gasteiger partial charge >= 0.3 is 0 Å². The summed E-state index contributed by atoms with van der Waals surface area (Å²) < 4.78 is 4.95. The quantitative estimate of drug-likeness (QED) is 0.806. The summed E-state index contributed by atoms with van der Waals surface area (Å²) in [4.78, 5) is 13.6. The minimum absolute atomic E-state index is 0.00330. The molecule has 0 aliphatic rings. The summed E-state index contributed by atoms with van der Waals surface area (Å²) in [5.74, 6) is -0.312. The Hall–Kier alpha value is -2.22. The zero-order valence-corrected chi connectivity index (χ0v) is 10.5. The molecule has 0 heterocycles. The first-order chi connectivity index (χ1) is 8.65. The van der Waals surface area contributed by atoms with Crippen molar-refractivity contribution in [2.24, 2.45) is 0 Å². The second kappa shape index (κ2) is 6.50. The predicted octanol–water partition coefficient (Wildman–Crippen LogP) is 1.78. The molecule has 0 saturated carbocycles. The van der Waals surface area contributed by atoms with Crippen LogP contribution in [-0.4, -0.2) is 36.1 Å². The molecule has 5 nitrogen and oxygen atoms in total. The van der Waals surface area contributed by atoms with E-state index < -0.39 is 0 Å². The van der Waals surface area contributed by atoms with Crippen molar-refractivity contribution < 1.29 is 14.6 Å². The molecule has 1 rings (SSSR count). The summed E-state index contributed by atoms with van der Waals surface area (Å²) in [5.41, 5.74) is 0.151. The summed E-state index contributed by atoms with van der Waals surface area (Å²) in [6.45, 7) is 2.40. The number of nitriles is 1. The van der Waals surface area contributed by atoms with E-state index in [1.54, 1.807) is 12.1 Å². The number of ether oxygens (including phenoxy) is 1. The lowest BCUT2D eigenvalue weighted by atomic mass is 10.1. The number of phenols is 1. The van der Waals surface area contributed by atoms with Gasteiger partial charge in [-0.25, -0.2) is 0 Å². The van der Waals surface area contributed by atoms with Crippen LogP contribution in [0.5, 0.6) is 11.5 Å². The van der Waals surface area contributed by atoms with Crippen molar-refractivity contribution in [3.05, 3.63) is 23.8 Å². The van der Waals surface area contributed by atoms with Crippen LogP contribution in [0.4, 0.5) is 0 Å². The Morgan fingerprint density at radius 2 is 2.28 bits per heavy atom. The third kappa shape index (κ3) is 2.92. The molecule has 0 radical (unpaired) electrons. The molecule has 0 aliphatic heterocycles. The van der Waals surface area contributed by atoms with Gasteiger partial charge in [0.25, 0.3) is 5.91 Å². The number of carbonyl (C=O) groups excluding carboxylic acids is 1. The van der Waals surface area contributed by atoms with E-state index in [1.165, 1.54) is 18.1 Å². The van der Waals surface area contributed by atoms with Gasteiger partial charge in [-0.3, -0.25) is 4.79 Å². The standard InChI is InChI=1S/C13H16N2O3/c1-3-8-15(9-7-14)13(17)10-5-4-6-11(18-2)12(10)16/h4-6,16H,3,8-9H2,1-2H3. The molecule has 1 aromatic rings. The second-order valence-corrected chi connectivity index (χ2v) is 3.74. The Morgan fingerprint density at radius 1 is 1.56 bits per heavy atom. The minimum Gasteiger partial charge on any atom is -0.504 e. The predicted molar refractivity (Wildman–Crippen MR) is 66.5 cm³/mol. The summed E-state index contributed by atoms with van der Waals surface area (Å²) in [6.07, 6.45) is 0.748. The molecule has 0 fully saturated rings. The van der Waals surface area contributed by atoms with Crippen LogP contribution in [0.1, 0.15) is 23.7 Å². The van der Waals surface area contributed by atoms with Gasteiger partial charge in [-0.15, -0.1) is 0 Å². The maximum absolute atomic E-state index is 12.2. The van der Waals surface area contributed by atoms with Gasteiger partial charge in [-0.05, 0) is 18.6 Å². The molecule has 0 atom stereocenters. The van der Waals surface area contributed by atoms with Crippen LogP contribution < -0.4 is 4.74 Å². The van der Waals surface area contributed by atoms with Gasteiger partial charge in [0.05, 0.1) is 18.7 Å². The first kappa shape index (κ1) is 13.8. The van der Waals surface area contributed by atoms with Crippen molar-refractivity contribution in [1.29, 1.82) is 5.26 Å². The minimum atomic E-state index is -0.366. The first-order valence-electron chi connectivity index (χ1n) is 5.67. The molecule has 5 heteroatoms. The molecular formula is C13H16N2O3. The lowest BCUT2D eigenvalue weighted by molar-refractivity contribution is 0.0772. The largest absolute Gasteiger partial charge is 0.504 e. The zero-order chi connectivity index (χ0) is 13.5. The number of nitrogens with zero attached hydrogens (tertiary/aromatic N) is 2. The maximum Gasteiger partial charge on any atom is 0.258 e. The molecular weight excluding hydrogens is 232 g/mol. The van der Waals surface area contributed by atoms with E-state index in [1.807, 2.05) is 13.0 Å². The average molecular weight is 248 g/mol. The van der Waals surface area contributed by atoms with E-state index in [2.05, 4.69) is 0 Å². The normalized spacial score (nSPS) is 9.61. The molecule has 1 amide bonds. The fourth-order valence-corrected chi connectivity index (χ4v) is 1.64. The van der Waals surface area contributed by atoms with Crippen LogP contribution in [0.2, 0.25) is 0 Å². The number of para-hydroxylation sites is 1. The van der Waals surface area contributed by atoms with Gasteiger partial charge in [0.1, 0.15) is 6.54 Å². The number of hydrogen-bond acceptors (Lipinski definition) is 4. The average Bonchev–Trinajstić information content (AvgIpc) is 2.38. The van der Waals surface area contributed by atoms with Crippen molar-refractivity contribution in [2.75, 3.05) is 20.2 Å². The van der Waals surface area contributed by atoms with Crippen LogP contribution in [0.25, 0.3) is 0 Å². The van der Waals surface area contributed by atoms with Gasteiger partial charge in [0.2, 0.25) is 0 Å². The molecule has 0 aliphatic carbocycles. The first-order valence-corrected chi connectivity index (χ1v) is 5.67. The number of phenolic OH excluding ortho intramolecular Hbond substituents is 1. The lowest BCUT2D eigenvalue weighted by Gasteiger charge is -2.19. The van der Waals surface area contributed by atoms with Gasteiger partial charge in [-0.2, -0.15) is 5.26 Å².